The Kier molecular flexibility index (Phi) is 4.38. The fourth-order valence-electron chi connectivity index (χ4n) is 1.64. The Morgan fingerprint density at radius 3 is 2.83 bits per heavy atom. The van der Waals surface area contributed by atoms with E-state index in [-0.39, 0.29) is 5.56 Å². The molecule has 0 amide bonds. The van der Waals surface area contributed by atoms with Crippen molar-refractivity contribution in [2.75, 3.05) is 0 Å². The summed E-state index contributed by atoms with van der Waals surface area (Å²) in [6.45, 7) is 3.24. The number of hydrogen-bond acceptors (Lipinski definition) is 3. The van der Waals surface area contributed by atoms with Gasteiger partial charge in [0, 0.05) is 29.7 Å². The molecule has 0 saturated carbocycles. The molecule has 0 saturated heterocycles. The van der Waals surface area contributed by atoms with Crippen LogP contribution in [0.4, 0.5) is 8.78 Å². The number of aromatic nitrogens is 1. The molecule has 1 N–H and O–H groups in total. The number of nitrogens with one attached hydrogen (secondary N) is 1. The Balaban J connectivity index is 1.88. The molecule has 1 heterocycles. The second-order valence-corrected chi connectivity index (χ2v) is 5.33. The first-order valence-corrected chi connectivity index (χ1v) is 6.46. The molecule has 1 aromatic heterocycles. The SMILES string of the molecule is Cc1cnc(CNCc2cccc(C(F)F)c2)s1. The Morgan fingerprint density at radius 2 is 2.17 bits per heavy atom. The summed E-state index contributed by atoms with van der Waals surface area (Å²) in [5.41, 5.74) is 0.931. The van der Waals surface area contributed by atoms with Gasteiger partial charge in [0.05, 0.1) is 0 Å². The highest BCUT2D eigenvalue weighted by Gasteiger charge is 2.06. The predicted octanol–water partition coefficient (Wildman–Crippen LogP) is 3.68. The van der Waals surface area contributed by atoms with E-state index in [1.165, 1.54) is 17.0 Å². The molecule has 5 heteroatoms. The largest absolute Gasteiger partial charge is 0.306 e. The monoisotopic (exact) mass is 268 g/mol. The summed E-state index contributed by atoms with van der Waals surface area (Å²) in [5.74, 6) is 0. The maximum Gasteiger partial charge on any atom is 0.263 e. The lowest BCUT2D eigenvalue weighted by atomic mass is 10.1. The van der Waals surface area contributed by atoms with Crippen LogP contribution < -0.4 is 5.32 Å². The topological polar surface area (TPSA) is 24.9 Å². The van der Waals surface area contributed by atoms with Gasteiger partial charge in [-0.2, -0.15) is 0 Å². The number of rotatable bonds is 5. The molecule has 0 fully saturated rings. The second kappa shape index (κ2) is 6.02. The standard InChI is InChI=1S/C13H14F2N2S/c1-9-6-17-12(18-9)8-16-7-10-3-2-4-11(5-10)13(14)15/h2-6,13,16H,7-8H2,1H3. The fourth-order valence-corrected chi connectivity index (χ4v) is 2.39. The molecule has 2 nitrogen and oxygen atoms in total. The van der Waals surface area contributed by atoms with Crippen LogP contribution in [-0.4, -0.2) is 4.98 Å². The van der Waals surface area contributed by atoms with Gasteiger partial charge in [-0.25, -0.2) is 13.8 Å². The van der Waals surface area contributed by atoms with Crippen molar-refractivity contribution < 1.29 is 8.78 Å². The Labute approximate surface area is 109 Å². The van der Waals surface area contributed by atoms with Gasteiger partial charge in [0.2, 0.25) is 0 Å². The van der Waals surface area contributed by atoms with E-state index in [2.05, 4.69) is 10.3 Å². The maximum atomic E-state index is 12.5. The number of thiazole rings is 1. The van der Waals surface area contributed by atoms with Crippen LogP contribution in [0, 0.1) is 6.92 Å². The minimum atomic E-state index is -2.41. The highest BCUT2D eigenvalue weighted by molar-refractivity contribution is 7.11. The zero-order chi connectivity index (χ0) is 13.0. The molecule has 18 heavy (non-hydrogen) atoms. The third-order valence-corrected chi connectivity index (χ3v) is 3.39. The van der Waals surface area contributed by atoms with Gasteiger partial charge in [-0.3, -0.25) is 0 Å². The van der Waals surface area contributed by atoms with Crippen molar-refractivity contribution in [1.82, 2.24) is 10.3 Å². The van der Waals surface area contributed by atoms with Crippen LogP contribution in [0.15, 0.2) is 30.5 Å². The molecule has 0 aliphatic carbocycles. The van der Waals surface area contributed by atoms with Gasteiger partial charge >= 0.3 is 0 Å². The second-order valence-electron chi connectivity index (χ2n) is 4.01. The molecule has 2 aromatic rings. The van der Waals surface area contributed by atoms with Crippen LogP contribution in [-0.2, 0) is 13.1 Å². The summed E-state index contributed by atoms with van der Waals surface area (Å²) < 4.78 is 25.0. The van der Waals surface area contributed by atoms with E-state index in [1.807, 2.05) is 19.2 Å². The zero-order valence-corrected chi connectivity index (χ0v) is 10.8. The molecule has 2 rings (SSSR count). The van der Waals surface area contributed by atoms with Crippen molar-refractivity contribution >= 4 is 11.3 Å². The minimum Gasteiger partial charge on any atom is -0.306 e. The van der Waals surface area contributed by atoms with Gasteiger partial charge in [0.15, 0.2) is 0 Å². The number of nitrogens with zero attached hydrogens (tertiary/aromatic N) is 1. The Morgan fingerprint density at radius 1 is 1.33 bits per heavy atom. The number of alkyl halides is 2. The third kappa shape index (κ3) is 3.58. The van der Waals surface area contributed by atoms with Crippen molar-refractivity contribution in [3.05, 3.63) is 51.5 Å². The van der Waals surface area contributed by atoms with Crippen LogP contribution in [0.1, 0.15) is 27.4 Å². The number of benzene rings is 1. The maximum absolute atomic E-state index is 12.5. The normalized spacial score (nSPS) is 11.1. The Hall–Kier alpha value is -1.33. The lowest BCUT2D eigenvalue weighted by Crippen LogP contribution is -2.12. The molecule has 0 radical (unpaired) electrons. The molecule has 0 aliphatic rings. The van der Waals surface area contributed by atoms with Crippen molar-refractivity contribution in [2.24, 2.45) is 0 Å². The highest BCUT2D eigenvalue weighted by Crippen LogP contribution is 2.19. The zero-order valence-electron chi connectivity index (χ0n) is 9.99. The lowest BCUT2D eigenvalue weighted by molar-refractivity contribution is 0.151. The molecule has 0 aliphatic heterocycles. The summed E-state index contributed by atoms with van der Waals surface area (Å²) in [6, 6.07) is 6.47. The van der Waals surface area contributed by atoms with E-state index >= 15 is 0 Å². The molecule has 96 valence electrons. The van der Waals surface area contributed by atoms with Crippen molar-refractivity contribution in [3.63, 3.8) is 0 Å². The van der Waals surface area contributed by atoms with Crippen molar-refractivity contribution in [3.8, 4) is 0 Å². The predicted molar refractivity (Wildman–Crippen MR) is 68.8 cm³/mol. The van der Waals surface area contributed by atoms with E-state index in [4.69, 9.17) is 0 Å². The summed E-state index contributed by atoms with van der Waals surface area (Å²) in [6.07, 6.45) is -0.578. The molecule has 1 aromatic carbocycles. The minimum absolute atomic E-state index is 0.0689. The average molecular weight is 268 g/mol. The van der Waals surface area contributed by atoms with Gasteiger partial charge in [0.1, 0.15) is 5.01 Å². The van der Waals surface area contributed by atoms with Gasteiger partial charge in [-0.05, 0) is 18.6 Å². The fraction of sp³-hybridized carbons (Fsp3) is 0.308. The first kappa shape index (κ1) is 13.1. The molecule has 0 atom stereocenters. The van der Waals surface area contributed by atoms with E-state index < -0.39 is 6.43 Å². The third-order valence-electron chi connectivity index (χ3n) is 2.48. The molecule has 0 unspecified atom stereocenters. The lowest BCUT2D eigenvalue weighted by Gasteiger charge is -2.05. The van der Waals surface area contributed by atoms with Crippen molar-refractivity contribution in [1.29, 1.82) is 0 Å². The van der Waals surface area contributed by atoms with Crippen LogP contribution in [0.5, 0.6) is 0 Å². The van der Waals surface area contributed by atoms with Gasteiger partial charge in [0.25, 0.3) is 6.43 Å². The summed E-state index contributed by atoms with van der Waals surface area (Å²) in [7, 11) is 0. The van der Waals surface area contributed by atoms with E-state index in [1.54, 1.807) is 17.4 Å². The average Bonchev–Trinajstić information content (AvgIpc) is 2.75. The first-order chi connectivity index (χ1) is 8.65. The molecular weight excluding hydrogens is 254 g/mol. The van der Waals surface area contributed by atoms with Gasteiger partial charge < -0.3 is 5.32 Å². The Bertz CT molecular complexity index is 511. The molecule has 0 spiro atoms. The van der Waals surface area contributed by atoms with Crippen LogP contribution in [0.25, 0.3) is 0 Å². The number of aryl methyl sites for hydroxylation is 1. The molecule has 0 bridgehead atoms. The smallest absolute Gasteiger partial charge is 0.263 e. The van der Waals surface area contributed by atoms with Crippen LogP contribution in [0.2, 0.25) is 0 Å². The number of hydrogen-bond donors (Lipinski definition) is 1. The van der Waals surface area contributed by atoms with Gasteiger partial charge in [-0.1, -0.05) is 18.2 Å². The highest BCUT2D eigenvalue weighted by atomic mass is 32.1. The summed E-state index contributed by atoms with van der Waals surface area (Å²) >= 11 is 1.64. The van der Waals surface area contributed by atoms with Crippen LogP contribution in [0.3, 0.4) is 0 Å². The molecular formula is C13H14F2N2S. The van der Waals surface area contributed by atoms with Crippen LogP contribution >= 0.6 is 11.3 Å². The van der Waals surface area contributed by atoms with Crippen molar-refractivity contribution in [2.45, 2.75) is 26.4 Å². The van der Waals surface area contributed by atoms with E-state index in [0.717, 1.165) is 10.6 Å². The van der Waals surface area contributed by atoms with E-state index in [9.17, 15) is 8.78 Å². The summed E-state index contributed by atoms with van der Waals surface area (Å²) in [4.78, 5) is 5.40. The summed E-state index contributed by atoms with van der Waals surface area (Å²) in [5, 5.41) is 4.21. The first-order valence-electron chi connectivity index (χ1n) is 5.64. The quantitative estimate of drug-likeness (QED) is 0.894. The van der Waals surface area contributed by atoms with Gasteiger partial charge in [-0.15, -0.1) is 11.3 Å². The number of halogens is 2. The van der Waals surface area contributed by atoms with E-state index in [0.29, 0.717) is 13.1 Å².